The minimum atomic E-state index is 0.619. The quantitative estimate of drug-likeness (QED) is 0.192. The van der Waals surface area contributed by atoms with Gasteiger partial charge in [-0.15, -0.1) is 0 Å². The molecule has 0 amide bonds. The van der Waals surface area contributed by atoms with Gasteiger partial charge in [-0.2, -0.15) is 0 Å². The molecule has 0 spiro atoms. The molecule has 0 bridgehead atoms. The molecule has 0 atom stereocenters. The van der Waals surface area contributed by atoms with Gasteiger partial charge in [0.05, 0.1) is 46.2 Å². The number of hydrogen-bond donors (Lipinski definition) is 1. The van der Waals surface area contributed by atoms with Crippen LogP contribution in [0.15, 0.2) is 0 Å². The first-order valence-corrected chi connectivity index (χ1v) is 12.4. The second kappa shape index (κ2) is 27.8. The molecule has 0 aromatic rings. The number of nitrogens with one attached hydrogen (secondary N) is 1. The van der Waals surface area contributed by atoms with Gasteiger partial charge >= 0.3 is 0 Å². The summed E-state index contributed by atoms with van der Waals surface area (Å²) in [5.74, 6) is 0. The maximum Gasteiger partial charge on any atom is 0.0701 e. The highest BCUT2D eigenvalue weighted by atomic mass is 16.6. The van der Waals surface area contributed by atoms with Gasteiger partial charge in [0, 0.05) is 13.2 Å². The molecule has 0 fully saturated rings. The Bertz CT molecular complexity index is 254. The second-order valence-electron chi connectivity index (χ2n) is 7.80. The third-order valence-corrected chi connectivity index (χ3v) is 5.00. The van der Waals surface area contributed by atoms with Crippen LogP contribution in [-0.2, 0) is 18.9 Å². The van der Waals surface area contributed by atoms with E-state index < -0.39 is 0 Å². The van der Waals surface area contributed by atoms with Crippen molar-refractivity contribution in [2.24, 2.45) is 0 Å². The molecular formula is C24H51NO4. The summed E-state index contributed by atoms with van der Waals surface area (Å²) in [4.78, 5) is 0. The summed E-state index contributed by atoms with van der Waals surface area (Å²) in [6.07, 6.45) is 18.0. The number of ether oxygens (including phenoxy) is 4. The Kier molecular flexibility index (Phi) is 27.6. The zero-order valence-corrected chi connectivity index (χ0v) is 19.7. The molecule has 5 nitrogen and oxygen atoms in total. The van der Waals surface area contributed by atoms with E-state index in [-0.39, 0.29) is 0 Å². The van der Waals surface area contributed by atoms with Gasteiger partial charge in [-0.05, 0) is 13.5 Å². The minimum absolute atomic E-state index is 0.619. The Balaban J connectivity index is 2.97. The van der Waals surface area contributed by atoms with Gasteiger partial charge in [0.25, 0.3) is 0 Å². The Labute approximate surface area is 181 Å². The molecule has 0 aliphatic carbocycles. The SMILES string of the molecule is CCCCCCCCCCCCCCCOCCOCCOCCOCCNC. The highest BCUT2D eigenvalue weighted by Gasteiger charge is 1.95. The first-order valence-electron chi connectivity index (χ1n) is 12.4. The van der Waals surface area contributed by atoms with E-state index in [9.17, 15) is 0 Å². The molecule has 176 valence electrons. The van der Waals surface area contributed by atoms with E-state index in [4.69, 9.17) is 18.9 Å². The molecule has 0 heterocycles. The van der Waals surface area contributed by atoms with Crippen molar-refractivity contribution in [3.8, 4) is 0 Å². The average molecular weight is 418 g/mol. The third kappa shape index (κ3) is 27.8. The van der Waals surface area contributed by atoms with E-state index in [2.05, 4.69) is 12.2 Å². The van der Waals surface area contributed by atoms with Crippen LogP contribution >= 0.6 is 0 Å². The van der Waals surface area contributed by atoms with Gasteiger partial charge in [-0.1, -0.05) is 84.0 Å². The Morgan fingerprint density at radius 2 is 0.759 bits per heavy atom. The van der Waals surface area contributed by atoms with Gasteiger partial charge in [0.15, 0.2) is 0 Å². The molecule has 0 rings (SSSR count). The van der Waals surface area contributed by atoms with Crippen LogP contribution in [-0.4, -0.2) is 66.4 Å². The van der Waals surface area contributed by atoms with Crippen LogP contribution in [0.2, 0.25) is 0 Å². The maximum absolute atomic E-state index is 5.62. The summed E-state index contributed by atoms with van der Waals surface area (Å²) < 4.78 is 21.9. The van der Waals surface area contributed by atoms with E-state index in [1.807, 2.05) is 7.05 Å². The molecule has 29 heavy (non-hydrogen) atoms. The summed E-state index contributed by atoms with van der Waals surface area (Å²) in [5.41, 5.74) is 0. The zero-order valence-electron chi connectivity index (χ0n) is 19.7. The van der Waals surface area contributed by atoms with Crippen molar-refractivity contribution in [1.82, 2.24) is 5.32 Å². The standard InChI is InChI=1S/C24H51NO4/c1-3-4-5-6-7-8-9-10-11-12-13-14-15-17-26-19-21-28-23-24-29-22-20-27-18-16-25-2/h25H,3-24H2,1-2H3. The molecule has 1 N–H and O–H groups in total. The lowest BCUT2D eigenvalue weighted by Gasteiger charge is -2.07. The normalized spacial score (nSPS) is 11.4. The Morgan fingerprint density at radius 1 is 0.414 bits per heavy atom. The number of hydrogen-bond acceptors (Lipinski definition) is 5. The summed E-state index contributed by atoms with van der Waals surface area (Å²) in [7, 11) is 1.92. The van der Waals surface area contributed by atoms with Crippen molar-refractivity contribution in [2.75, 3.05) is 66.4 Å². The summed E-state index contributed by atoms with van der Waals surface area (Å²) in [5, 5.41) is 3.04. The van der Waals surface area contributed by atoms with Gasteiger partial charge in [0.2, 0.25) is 0 Å². The first kappa shape index (κ1) is 28.8. The monoisotopic (exact) mass is 417 g/mol. The largest absolute Gasteiger partial charge is 0.379 e. The molecule has 0 aromatic heterocycles. The number of unbranched alkanes of at least 4 members (excludes halogenated alkanes) is 12. The Morgan fingerprint density at radius 3 is 1.17 bits per heavy atom. The van der Waals surface area contributed by atoms with Crippen LogP contribution < -0.4 is 5.32 Å². The van der Waals surface area contributed by atoms with E-state index in [1.54, 1.807) is 0 Å². The molecule has 0 saturated heterocycles. The fourth-order valence-corrected chi connectivity index (χ4v) is 3.16. The summed E-state index contributed by atoms with van der Waals surface area (Å²) in [6, 6.07) is 0. The van der Waals surface area contributed by atoms with E-state index in [0.29, 0.717) is 39.6 Å². The number of likely N-dealkylation sites (N-methyl/N-ethyl adjacent to an activating group) is 1. The van der Waals surface area contributed by atoms with E-state index >= 15 is 0 Å². The molecule has 0 radical (unpaired) electrons. The second-order valence-corrected chi connectivity index (χ2v) is 7.80. The van der Waals surface area contributed by atoms with Crippen molar-refractivity contribution >= 4 is 0 Å². The van der Waals surface area contributed by atoms with Crippen molar-refractivity contribution in [3.63, 3.8) is 0 Å². The lowest BCUT2D eigenvalue weighted by atomic mass is 10.0. The lowest BCUT2D eigenvalue weighted by Crippen LogP contribution is -2.17. The average Bonchev–Trinajstić information content (AvgIpc) is 2.74. The fraction of sp³-hybridized carbons (Fsp3) is 1.00. The van der Waals surface area contributed by atoms with Crippen molar-refractivity contribution in [2.45, 2.75) is 90.4 Å². The maximum atomic E-state index is 5.62. The summed E-state index contributed by atoms with van der Waals surface area (Å²) >= 11 is 0. The highest BCUT2D eigenvalue weighted by molar-refractivity contribution is 4.49. The molecule has 0 aliphatic rings. The van der Waals surface area contributed by atoms with Crippen molar-refractivity contribution in [3.05, 3.63) is 0 Å². The van der Waals surface area contributed by atoms with Crippen LogP contribution in [0.25, 0.3) is 0 Å². The molecular weight excluding hydrogens is 366 g/mol. The van der Waals surface area contributed by atoms with Crippen LogP contribution in [0.4, 0.5) is 0 Å². The van der Waals surface area contributed by atoms with Gasteiger partial charge in [-0.3, -0.25) is 0 Å². The van der Waals surface area contributed by atoms with Crippen LogP contribution in [0, 0.1) is 0 Å². The fourth-order valence-electron chi connectivity index (χ4n) is 3.16. The van der Waals surface area contributed by atoms with E-state index in [1.165, 1.54) is 83.5 Å². The predicted octanol–water partition coefficient (Wildman–Crippen LogP) is 5.36. The number of rotatable bonds is 26. The van der Waals surface area contributed by atoms with Gasteiger partial charge in [0.1, 0.15) is 0 Å². The Hall–Kier alpha value is -0.200. The molecule has 5 heteroatoms. The molecule has 0 aliphatic heterocycles. The molecule has 0 unspecified atom stereocenters. The van der Waals surface area contributed by atoms with Crippen LogP contribution in [0.5, 0.6) is 0 Å². The lowest BCUT2D eigenvalue weighted by molar-refractivity contribution is -0.00170. The first-order chi connectivity index (χ1) is 14.4. The summed E-state index contributed by atoms with van der Waals surface area (Å²) in [6.45, 7) is 8.60. The minimum Gasteiger partial charge on any atom is -0.379 e. The van der Waals surface area contributed by atoms with Gasteiger partial charge < -0.3 is 24.3 Å². The topological polar surface area (TPSA) is 49.0 Å². The van der Waals surface area contributed by atoms with E-state index in [0.717, 1.165) is 19.8 Å². The smallest absolute Gasteiger partial charge is 0.0701 e. The van der Waals surface area contributed by atoms with Crippen LogP contribution in [0.1, 0.15) is 90.4 Å². The highest BCUT2D eigenvalue weighted by Crippen LogP contribution is 2.12. The van der Waals surface area contributed by atoms with Crippen LogP contribution in [0.3, 0.4) is 0 Å². The zero-order chi connectivity index (χ0) is 21.1. The van der Waals surface area contributed by atoms with Crippen molar-refractivity contribution < 1.29 is 18.9 Å². The molecule has 0 aromatic carbocycles. The molecule has 0 saturated carbocycles. The third-order valence-electron chi connectivity index (χ3n) is 5.00. The van der Waals surface area contributed by atoms with Gasteiger partial charge in [-0.25, -0.2) is 0 Å². The predicted molar refractivity (Wildman–Crippen MR) is 123 cm³/mol. The van der Waals surface area contributed by atoms with Crippen molar-refractivity contribution in [1.29, 1.82) is 0 Å².